The number of aromatic hydroxyl groups is 1. The van der Waals surface area contributed by atoms with Crippen LogP contribution >= 0.6 is 34.8 Å². The fourth-order valence-corrected chi connectivity index (χ4v) is 7.84. The summed E-state index contributed by atoms with van der Waals surface area (Å²) in [5.74, 6) is -1.40. The van der Waals surface area contributed by atoms with Crippen molar-refractivity contribution in [3.63, 3.8) is 0 Å². The molecule has 2 amide bonds. The van der Waals surface area contributed by atoms with Crippen LogP contribution in [-0.2, 0) is 30.4 Å². The van der Waals surface area contributed by atoms with Gasteiger partial charge in [-0.25, -0.2) is 18.4 Å². The lowest BCUT2D eigenvalue weighted by molar-refractivity contribution is -0.122. The van der Waals surface area contributed by atoms with E-state index in [0.717, 1.165) is 22.7 Å². The number of rotatable bonds is 13. The Morgan fingerprint density at radius 2 is 1.53 bits per heavy atom. The second-order valence-corrected chi connectivity index (χ2v) is 18.1. The SMILES string of the molecule is CCC(Oc1ccc(C(C)(C)CC)cc1C(C)(C)CC)C(=O)Nc1ccc(Cl)c(NC(=O)/C(=N\c2cc(Cl)c(O)c(Cl)c2)C2=Nc3ccccc3S(=O)(=O)N2C)c1. The predicted molar refractivity (Wildman–Crippen MR) is 230 cm³/mol. The topological polar surface area (TPSA) is 150 Å². The minimum atomic E-state index is -4.16. The fourth-order valence-electron chi connectivity index (χ4n) is 5.92. The number of para-hydroxylation sites is 1. The maximum Gasteiger partial charge on any atom is 0.278 e. The summed E-state index contributed by atoms with van der Waals surface area (Å²) in [5.41, 5.74) is 2.00. The lowest BCUT2D eigenvalue weighted by atomic mass is 9.76. The van der Waals surface area contributed by atoms with Crippen LogP contribution < -0.4 is 15.4 Å². The molecule has 3 N–H and O–H groups in total. The zero-order valence-electron chi connectivity index (χ0n) is 33.0. The van der Waals surface area contributed by atoms with Gasteiger partial charge in [-0.3, -0.25) is 13.9 Å². The van der Waals surface area contributed by atoms with Crippen molar-refractivity contribution in [3.8, 4) is 11.5 Å². The van der Waals surface area contributed by atoms with Crippen LogP contribution in [0.5, 0.6) is 11.5 Å². The zero-order valence-corrected chi connectivity index (χ0v) is 36.1. The molecule has 57 heavy (non-hydrogen) atoms. The van der Waals surface area contributed by atoms with E-state index in [4.69, 9.17) is 39.5 Å². The van der Waals surface area contributed by atoms with Crippen molar-refractivity contribution in [1.29, 1.82) is 0 Å². The van der Waals surface area contributed by atoms with Crippen molar-refractivity contribution in [2.45, 2.75) is 89.6 Å². The maximum atomic E-state index is 14.2. The van der Waals surface area contributed by atoms with Gasteiger partial charge in [-0.15, -0.1) is 0 Å². The summed E-state index contributed by atoms with van der Waals surface area (Å²) in [5, 5.41) is 15.5. The first kappa shape index (κ1) is 43.5. The molecular weight excluding hydrogens is 809 g/mol. The molecule has 5 rings (SSSR count). The van der Waals surface area contributed by atoms with Crippen LogP contribution in [0.2, 0.25) is 15.1 Å². The Hall–Kier alpha value is -4.62. The molecule has 0 bridgehead atoms. The highest BCUT2D eigenvalue weighted by atomic mass is 35.5. The number of phenolic OH excluding ortho intramolecular Hbond substituents is 1. The average molecular weight is 855 g/mol. The number of anilines is 2. The summed E-state index contributed by atoms with van der Waals surface area (Å²) in [7, 11) is -2.92. The highest BCUT2D eigenvalue weighted by Gasteiger charge is 2.36. The van der Waals surface area contributed by atoms with Crippen molar-refractivity contribution >= 4 is 90.9 Å². The van der Waals surface area contributed by atoms with E-state index in [1.165, 1.54) is 49.0 Å². The van der Waals surface area contributed by atoms with Crippen LogP contribution in [0.15, 0.2) is 87.7 Å². The van der Waals surface area contributed by atoms with Crippen molar-refractivity contribution < 1.29 is 27.9 Å². The molecule has 11 nitrogen and oxygen atoms in total. The third kappa shape index (κ3) is 9.25. The number of hydrogen-bond donors (Lipinski definition) is 3. The third-order valence-electron chi connectivity index (χ3n) is 10.4. The molecule has 0 radical (unpaired) electrons. The van der Waals surface area contributed by atoms with Crippen LogP contribution in [0.4, 0.5) is 22.7 Å². The molecule has 1 atom stereocenters. The van der Waals surface area contributed by atoms with Gasteiger partial charge < -0.3 is 20.5 Å². The molecule has 4 aromatic rings. The highest BCUT2D eigenvalue weighted by molar-refractivity contribution is 7.90. The fraction of sp³-hybridized carbons (Fsp3) is 0.333. The number of amidine groups is 1. The smallest absolute Gasteiger partial charge is 0.278 e. The highest BCUT2D eigenvalue weighted by Crippen LogP contribution is 2.40. The van der Waals surface area contributed by atoms with Gasteiger partial charge in [0.15, 0.2) is 23.4 Å². The van der Waals surface area contributed by atoms with E-state index in [9.17, 15) is 23.1 Å². The number of fused-ring (bicyclic) bond motifs is 1. The molecule has 302 valence electrons. The second-order valence-electron chi connectivity index (χ2n) is 14.9. The van der Waals surface area contributed by atoms with Gasteiger partial charge in [0.05, 0.1) is 32.1 Å². The summed E-state index contributed by atoms with van der Waals surface area (Å²) >= 11 is 18.9. The Labute approximate surface area is 349 Å². The monoisotopic (exact) mass is 853 g/mol. The number of carbonyl (C=O) groups is 2. The number of amides is 2. The number of nitrogens with zero attached hydrogens (tertiary/aromatic N) is 3. The first-order valence-electron chi connectivity index (χ1n) is 18.4. The summed E-state index contributed by atoms with van der Waals surface area (Å²) in [6.07, 6.45) is 1.32. The lowest BCUT2D eigenvalue weighted by Gasteiger charge is -2.31. The number of ether oxygens (including phenoxy) is 1. The molecule has 0 saturated carbocycles. The molecule has 0 saturated heterocycles. The largest absolute Gasteiger partial charge is 0.505 e. The molecular formula is C42H46Cl3N5O6S. The number of nitrogens with one attached hydrogen (secondary N) is 2. The van der Waals surface area contributed by atoms with Crippen molar-refractivity contribution in [2.24, 2.45) is 9.98 Å². The molecule has 1 heterocycles. The molecule has 4 aromatic carbocycles. The molecule has 0 spiro atoms. The van der Waals surface area contributed by atoms with Gasteiger partial charge in [0.2, 0.25) is 0 Å². The number of benzene rings is 4. The van der Waals surface area contributed by atoms with E-state index in [1.807, 2.05) is 13.0 Å². The Kier molecular flexibility index (Phi) is 13.0. The van der Waals surface area contributed by atoms with Gasteiger partial charge in [0, 0.05) is 18.3 Å². The lowest BCUT2D eigenvalue weighted by Crippen LogP contribution is -2.44. The van der Waals surface area contributed by atoms with E-state index in [2.05, 4.69) is 74.3 Å². The zero-order chi connectivity index (χ0) is 42.0. The van der Waals surface area contributed by atoms with Crippen molar-refractivity contribution in [3.05, 3.63) is 99.0 Å². The van der Waals surface area contributed by atoms with Crippen molar-refractivity contribution in [1.82, 2.24) is 4.31 Å². The predicted octanol–water partition coefficient (Wildman–Crippen LogP) is 10.6. The Morgan fingerprint density at radius 1 is 0.877 bits per heavy atom. The summed E-state index contributed by atoms with van der Waals surface area (Å²) in [6.45, 7) is 14.9. The molecule has 15 heteroatoms. The number of sulfonamides is 1. The van der Waals surface area contributed by atoms with Crippen molar-refractivity contribution in [2.75, 3.05) is 17.7 Å². The number of carbonyl (C=O) groups excluding carboxylic acids is 2. The minimum Gasteiger partial charge on any atom is -0.505 e. The van der Waals surface area contributed by atoms with Gasteiger partial charge in [0.1, 0.15) is 10.6 Å². The maximum absolute atomic E-state index is 14.2. The van der Waals surface area contributed by atoms with Crippen LogP contribution in [0.1, 0.15) is 78.9 Å². The van der Waals surface area contributed by atoms with Gasteiger partial charge in [-0.05, 0) is 84.2 Å². The van der Waals surface area contributed by atoms with E-state index >= 15 is 0 Å². The number of phenols is 1. The Bertz CT molecular complexity index is 2370. The first-order valence-corrected chi connectivity index (χ1v) is 21.0. The Balaban J connectivity index is 1.47. The normalized spacial score (nSPS) is 14.7. The van der Waals surface area contributed by atoms with Crippen LogP contribution in [0, 0.1) is 0 Å². The minimum absolute atomic E-state index is 0.0206. The number of aliphatic imine (C=N–C) groups is 2. The van der Waals surface area contributed by atoms with E-state index in [0.29, 0.717) is 17.9 Å². The molecule has 1 unspecified atom stereocenters. The second kappa shape index (κ2) is 17.1. The van der Waals surface area contributed by atoms with Gasteiger partial charge in [0.25, 0.3) is 21.8 Å². The molecule has 1 aliphatic rings. The third-order valence-corrected chi connectivity index (χ3v) is 13.1. The summed E-state index contributed by atoms with van der Waals surface area (Å²) in [4.78, 5) is 36.8. The quantitative estimate of drug-likeness (QED) is 0.114. The number of halogens is 3. The van der Waals surface area contributed by atoms with E-state index < -0.39 is 39.4 Å². The average Bonchev–Trinajstić information content (AvgIpc) is 3.17. The van der Waals surface area contributed by atoms with E-state index in [-0.39, 0.29) is 53.7 Å². The summed E-state index contributed by atoms with van der Waals surface area (Å²) in [6, 6.07) is 19.3. The van der Waals surface area contributed by atoms with Gasteiger partial charge in [-0.1, -0.05) is 108 Å². The van der Waals surface area contributed by atoms with Crippen LogP contribution in [0.25, 0.3) is 0 Å². The summed E-state index contributed by atoms with van der Waals surface area (Å²) < 4.78 is 34.4. The van der Waals surface area contributed by atoms with Gasteiger partial charge in [-0.2, -0.15) is 0 Å². The van der Waals surface area contributed by atoms with Gasteiger partial charge >= 0.3 is 0 Å². The molecule has 1 aliphatic heterocycles. The van der Waals surface area contributed by atoms with E-state index in [1.54, 1.807) is 18.2 Å². The Morgan fingerprint density at radius 3 is 2.16 bits per heavy atom. The molecule has 0 fully saturated rings. The first-order chi connectivity index (χ1) is 26.7. The molecule has 0 aromatic heterocycles. The number of hydrogen-bond acceptors (Lipinski definition) is 8. The van der Waals surface area contributed by atoms with Crippen LogP contribution in [0.3, 0.4) is 0 Å². The standard InChI is InChI=1S/C42H46Cl3N5O6S/c1-9-33(56-34-19-16-24(41(4,5)10-2)20-27(34)42(6,7)11-3)39(52)47-25-17-18-28(43)32(23-25)49-40(53)36(46-26-21-29(44)37(51)30(45)22-26)38-48-31-14-12-13-15-35(31)57(54,55)50(38)8/h12-23,33,51H,9-11H2,1-8H3,(H,47,52)(H,49,53)/b46-36-. The van der Waals surface area contributed by atoms with Crippen LogP contribution in [-0.4, -0.2) is 54.3 Å². The molecule has 0 aliphatic carbocycles.